The van der Waals surface area contributed by atoms with Crippen LogP contribution in [0.5, 0.6) is 0 Å². The van der Waals surface area contributed by atoms with Gasteiger partial charge in [0.2, 0.25) is 0 Å². The number of thiol groups is 1. The van der Waals surface area contributed by atoms with Crippen LogP contribution in [-0.2, 0) is 52.3 Å². The van der Waals surface area contributed by atoms with Gasteiger partial charge in [0.1, 0.15) is 30.5 Å². The summed E-state index contributed by atoms with van der Waals surface area (Å²) in [6, 6.07) is -0.651. The molecule has 0 amide bonds. The lowest BCUT2D eigenvalue weighted by molar-refractivity contribution is -0.0983. The maximum Gasteiger partial charge on any atom is 0.128 e. The quantitative estimate of drug-likeness (QED) is 0.0279. The average Bonchev–Trinajstić information content (AvgIpc) is 4.02. The van der Waals surface area contributed by atoms with E-state index in [0.29, 0.717) is 85.7 Å². The van der Waals surface area contributed by atoms with Crippen molar-refractivity contribution in [3.63, 3.8) is 0 Å². The molecule has 3 fully saturated rings. The fourth-order valence-electron chi connectivity index (χ4n) is 5.10. The lowest BCUT2D eigenvalue weighted by Crippen LogP contribution is -2.45. The lowest BCUT2D eigenvalue weighted by atomic mass is 9.88. The Kier molecular flexibility index (Phi) is 29.1. The second-order valence-electron chi connectivity index (χ2n) is 13.3. The van der Waals surface area contributed by atoms with Gasteiger partial charge in [0.05, 0.1) is 99.1 Å². The summed E-state index contributed by atoms with van der Waals surface area (Å²) < 4.78 is 51.9. The minimum absolute atomic E-state index is 0.131. The van der Waals surface area contributed by atoms with Crippen molar-refractivity contribution in [3.8, 4) is 0 Å². The zero-order valence-corrected chi connectivity index (χ0v) is 33.7. The molecule has 3 aliphatic heterocycles. The van der Waals surface area contributed by atoms with Crippen molar-refractivity contribution in [2.24, 2.45) is 27.8 Å². The number of nitroso groups, excluding NO2 is 1. The summed E-state index contributed by atoms with van der Waals surface area (Å²) in [7, 11) is 0. The maximum absolute atomic E-state index is 11.9. The zero-order chi connectivity index (χ0) is 38.5. The molecule has 310 valence electrons. The molecule has 52 heavy (non-hydrogen) atoms. The second kappa shape index (κ2) is 30.6. The topological polar surface area (TPSA) is 196 Å². The Morgan fingerprint density at radius 1 is 0.712 bits per heavy atom. The van der Waals surface area contributed by atoms with Crippen molar-refractivity contribution in [2.75, 3.05) is 132 Å². The van der Waals surface area contributed by atoms with Crippen LogP contribution in [0, 0.1) is 15.7 Å². The molecule has 4 N–H and O–H groups in total. The summed E-state index contributed by atoms with van der Waals surface area (Å²) in [4.78, 5) is 24.0. The Morgan fingerprint density at radius 2 is 1.15 bits per heavy atom. The Morgan fingerprint density at radius 3 is 1.54 bits per heavy atom. The van der Waals surface area contributed by atoms with Crippen LogP contribution in [-0.4, -0.2) is 167 Å². The third-order valence-corrected chi connectivity index (χ3v) is 8.83. The van der Waals surface area contributed by atoms with Gasteiger partial charge in [0.25, 0.3) is 0 Å². The van der Waals surface area contributed by atoms with Crippen LogP contribution in [0.25, 0.3) is 0 Å². The largest absolute Gasteiger partial charge is 0.381 e. The zero-order valence-electron chi connectivity index (χ0n) is 32.8. The minimum atomic E-state index is -0.651. The maximum atomic E-state index is 11.9. The van der Waals surface area contributed by atoms with Gasteiger partial charge in [0, 0.05) is 37.1 Å². The Labute approximate surface area is 318 Å². The summed E-state index contributed by atoms with van der Waals surface area (Å²) in [5.74, 6) is 11.1. The van der Waals surface area contributed by atoms with Crippen molar-refractivity contribution in [2.45, 2.75) is 84.3 Å². The van der Waals surface area contributed by atoms with Gasteiger partial charge in [-0.1, -0.05) is 39.8 Å². The monoisotopic (exact) mass is 772 g/mol. The molecule has 0 aromatic heterocycles. The molecule has 6 unspecified atom stereocenters. The predicted octanol–water partition coefficient (Wildman–Crippen LogP) is 2.64. The molecule has 0 aliphatic carbocycles. The van der Waals surface area contributed by atoms with E-state index in [9.17, 15) is 4.91 Å². The van der Waals surface area contributed by atoms with Gasteiger partial charge in [-0.3, -0.25) is 9.74 Å². The van der Waals surface area contributed by atoms with Crippen molar-refractivity contribution < 1.29 is 52.3 Å². The number of epoxide rings is 3. The smallest absolute Gasteiger partial charge is 0.128 e. The van der Waals surface area contributed by atoms with E-state index in [1.807, 2.05) is 18.7 Å². The SMILES string of the molecule is CC.CCCOCC(CC)(COCC(CN(CCON)CC(COCC(CC)(COCC1CO1)COCC1CO1)ON)N=O)COCC1CO1.CS. The highest BCUT2D eigenvalue weighted by Crippen LogP contribution is 2.27. The number of nitrogens with two attached hydrogens (primary N) is 2. The molecular weight excluding hydrogens is 700 g/mol. The molecule has 0 spiro atoms. The summed E-state index contributed by atoms with van der Waals surface area (Å²) >= 11 is 3.53. The van der Waals surface area contributed by atoms with E-state index in [2.05, 4.69) is 38.6 Å². The van der Waals surface area contributed by atoms with Crippen LogP contribution < -0.4 is 11.8 Å². The van der Waals surface area contributed by atoms with Crippen molar-refractivity contribution in [3.05, 3.63) is 4.91 Å². The van der Waals surface area contributed by atoms with E-state index in [-0.39, 0.29) is 49.0 Å². The van der Waals surface area contributed by atoms with E-state index >= 15 is 0 Å². The van der Waals surface area contributed by atoms with Crippen LogP contribution in [0.1, 0.15) is 53.9 Å². The highest BCUT2D eigenvalue weighted by atomic mass is 32.1. The van der Waals surface area contributed by atoms with Crippen LogP contribution in [0.15, 0.2) is 5.18 Å². The number of nitrogens with zero attached hydrogens (tertiary/aromatic N) is 2. The third kappa shape index (κ3) is 22.7. The molecule has 3 heterocycles. The van der Waals surface area contributed by atoms with Gasteiger partial charge in [-0.2, -0.15) is 17.5 Å². The third-order valence-electron chi connectivity index (χ3n) is 8.83. The summed E-state index contributed by atoms with van der Waals surface area (Å²) in [6.45, 7) is 19.1. The van der Waals surface area contributed by atoms with E-state index in [1.165, 1.54) is 0 Å². The summed E-state index contributed by atoms with van der Waals surface area (Å²) in [6.07, 6.45) is 4.21. The van der Waals surface area contributed by atoms with Crippen LogP contribution in [0.2, 0.25) is 0 Å². The van der Waals surface area contributed by atoms with Gasteiger partial charge < -0.3 is 47.5 Å². The number of rotatable bonds is 35. The van der Waals surface area contributed by atoms with Gasteiger partial charge >= 0.3 is 0 Å². The number of ether oxygens (including phenoxy) is 9. The molecule has 0 aromatic carbocycles. The highest BCUT2D eigenvalue weighted by molar-refractivity contribution is 7.79. The highest BCUT2D eigenvalue weighted by Gasteiger charge is 2.35. The van der Waals surface area contributed by atoms with Crippen LogP contribution in [0.3, 0.4) is 0 Å². The molecule has 6 atom stereocenters. The number of hydrogen-bond donors (Lipinski definition) is 3. The fourth-order valence-corrected chi connectivity index (χ4v) is 5.10. The first kappa shape index (κ1) is 49.4. The Hall–Kier alpha value is -0.610. The van der Waals surface area contributed by atoms with E-state index in [0.717, 1.165) is 39.1 Å². The molecule has 3 saturated heterocycles. The van der Waals surface area contributed by atoms with Crippen molar-refractivity contribution >= 4 is 12.6 Å². The van der Waals surface area contributed by atoms with Crippen LogP contribution >= 0.6 is 12.6 Å². The predicted molar refractivity (Wildman–Crippen MR) is 201 cm³/mol. The minimum Gasteiger partial charge on any atom is -0.381 e. The molecule has 0 aromatic rings. The fraction of sp³-hybridized carbons (Fsp3) is 1.00. The van der Waals surface area contributed by atoms with Crippen molar-refractivity contribution in [1.29, 1.82) is 0 Å². The normalized spacial score (nSPS) is 22.2. The van der Waals surface area contributed by atoms with Crippen molar-refractivity contribution in [1.82, 2.24) is 4.90 Å². The summed E-state index contributed by atoms with van der Waals surface area (Å²) in [5.41, 5.74) is -0.701. The van der Waals surface area contributed by atoms with Crippen LogP contribution in [0.4, 0.5) is 0 Å². The standard InChI is InChI=1S/C32H62N4O12.C2H6.CH4S/c1-4-8-38-20-31(5-2,22-41-14-28-17-44-28)21-39-12-26(35-37)10-36(7-9-47-33)11-27(48-34)13-40-23-32(6-3,24-42-15-29-18-45-29)25-43-16-30-19-46-30;2*1-2/h26-30H,4-25,33-34H2,1-3H3;1-2H3;2H,1H3. The van der Waals surface area contributed by atoms with E-state index in [4.69, 9.17) is 64.1 Å². The van der Waals surface area contributed by atoms with Gasteiger partial charge in [-0.25, -0.2) is 11.8 Å². The second-order valence-corrected chi connectivity index (χ2v) is 13.3. The molecule has 0 bridgehead atoms. The Balaban J connectivity index is 0.00000326. The van der Waals surface area contributed by atoms with Gasteiger partial charge in [0.15, 0.2) is 0 Å². The van der Waals surface area contributed by atoms with Gasteiger partial charge in [-0.05, 0) is 25.5 Å². The first-order valence-electron chi connectivity index (χ1n) is 18.9. The van der Waals surface area contributed by atoms with E-state index in [1.54, 1.807) is 6.26 Å². The lowest BCUT2D eigenvalue weighted by Gasteiger charge is -2.33. The molecule has 0 saturated carbocycles. The van der Waals surface area contributed by atoms with E-state index < -0.39 is 12.1 Å². The average molecular weight is 773 g/mol. The molecule has 16 nitrogen and oxygen atoms in total. The molecule has 3 aliphatic rings. The summed E-state index contributed by atoms with van der Waals surface area (Å²) in [5, 5.41) is 3.36. The molecular formula is C35H72N4O12S. The molecule has 17 heteroatoms. The first-order chi connectivity index (χ1) is 25.4. The molecule has 0 radical (unpaired) electrons. The first-order valence-corrected chi connectivity index (χ1v) is 19.8. The molecule has 3 rings (SSSR count). The Bertz CT molecular complexity index is 830. The van der Waals surface area contributed by atoms with Gasteiger partial charge in [-0.15, -0.1) is 0 Å². The number of hydrogen-bond acceptors (Lipinski definition) is 17.